The van der Waals surface area contributed by atoms with E-state index < -0.39 is 0 Å². The van der Waals surface area contributed by atoms with E-state index in [1.807, 2.05) is 29.9 Å². The summed E-state index contributed by atoms with van der Waals surface area (Å²) in [5, 5.41) is 0. The molecule has 0 radical (unpaired) electrons. The summed E-state index contributed by atoms with van der Waals surface area (Å²) in [7, 11) is 1.98. The molecule has 4 nitrogen and oxygen atoms in total. The predicted octanol–water partition coefficient (Wildman–Crippen LogP) is 1.68. The Labute approximate surface area is 96.6 Å². The van der Waals surface area contributed by atoms with Crippen molar-refractivity contribution in [2.24, 2.45) is 12.8 Å². The van der Waals surface area contributed by atoms with Gasteiger partial charge in [0.2, 0.25) is 0 Å². The highest BCUT2D eigenvalue weighted by Crippen LogP contribution is 2.26. The SMILES string of the molecule is Cn1c(CCN)nc(-c2ccc[nH]2)c1Br. The summed E-state index contributed by atoms with van der Waals surface area (Å²) < 4.78 is 3.00. The first-order valence-corrected chi connectivity index (χ1v) is 5.58. The second-order valence-electron chi connectivity index (χ2n) is 3.35. The van der Waals surface area contributed by atoms with Gasteiger partial charge in [-0.3, -0.25) is 0 Å². The van der Waals surface area contributed by atoms with E-state index >= 15 is 0 Å². The summed E-state index contributed by atoms with van der Waals surface area (Å²) in [5.74, 6) is 0.994. The van der Waals surface area contributed by atoms with Crippen LogP contribution in [0.25, 0.3) is 11.4 Å². The monoisotopic (exact) mass is 268 g/mol. The molecule has 3 N–H and O–H groups in total. The lowest BCUT2D eigenvalue weighted by Crippen LogP contribution is -2.07. The first kappa shape index (κ1) is 10.4. The van der Waals surface area contributed by atoms with Gasteiger partial charge in [0.25, 0.3) is 0 Å². The van der Waals surface area contributed by atoms with Gasteiger partial charge in [-0.05, 0) is 34.6 Å². The van der Waals surface area contributed by atoms with Gasteiger partial charge in [-0.1, -0.05) is 0 Å². The number of aromatic nitrogens is 3. The highest BCUT2D eigenvalue weighted by molar-refractivity contribution is 9.10. The van der Waals surface area contributed by atoms with Crippen molar-refractivity contribution in [3.8, 4) is 11.4 Å². The molecular weight excluding hydrogens is 256 g/mol. The van der Waals surface area contributed by atoms with E-state index in [0.717, 1.165) is 28.2 Å². The number of rotatable bonds is 3. The maximum atomic E-state index is 5.53. The van der Waals surface area contributed by atoms with Crippen LogP contribution in [0, 0.1) is 0 Å². The second-order valence-corrected chi connectivity index (χ2v) is 4.10. The molecule has 0 atom stereocenters. The number of nitrogens with two attached hydrogens (primary N) is 1. The average Bonchev–Trinajstić information content (AvgIpc) is 2.82. The lowest BCUT2D eigenvalue weighted by atomic mass is 10.3. The van der Waals surface area contributed by atoms with Crippen molar-refractivity contribution >= 4 is 15.9 Å². The van der Waals surface area contributed by atoms with Crippen LogP contribution in [0.1, 0.15) is 5.82 Å². The van der Waals surface area contributed by atoms with Crippen molar-refractivity contribution < 1.29 is 0 Å². The van der Waals surface area contributed by atoms with Crippen LogP contribution in [0.15, 0.2) is 22.9 Å². The van der Waals surface area contributed by atoms with Gasteiger partial charge in [0.05, 0.1) is 5.69 Å². The van der Waals surface area contributed by atoms with Crippen LogP contribution in [-0.2, 0) is 13.5 Å². The molecule has 0 aromatic carbocycles. The number of H-pyrrole nitrogens is 1. The van der Waals surface area contributed by atoms with Crippen LogP contribution < -0.4 is 5.73 Å². The van der Waals surface area contributed by atoms with Gasteiger partial charge in [0, 0.05) is 19.7 Å². The molecule has 0 aliphatic carbocycles. The summed E-state index contributed by atoms with van der Waals surface area (Å²) in [6.45, 7) is 0.613. The van der Waals surface area contributed by atoms with Crippen molar-refractivity contribution in [1.82, 2.24) is 14.5 Å². The molecule has 0 spiro atoms. The minimum Gasteiger partial charge on any atom is -0.360 e. The Balaban J connectivity index is 2.45. The Morgan fingerprint density at radius 1 is 1.60 bits per heavy atom. The quantitative estimate of drug-likeness (QED) is 0.890. The molecule has 2 heterocycles. The Kier molecular flexibility index (Phi) is 2.93. The maximum absolute atomic E-state index is 5.53. The van der Waals surface area contributed by atoms with Crippen LogP contribution in [0.4, 0.5) is 0 Å². The maximum Gasteiger partial charge on any atom is 0.119 e. The lowest BCUT2D eigenvalue weighted by molar-refractivity contribution is 0.767. The van der Waals surface area contributed by atoms with Gasteiger partial charge < -0.3 is 15.3 Å². The fraction of sp³-hybridized carbons (Fsp3) is 0.300. The summed E-state index contributed by atoms with van der Waals surface area (Å²) in [4.78, 5) is 7.69. The van der Waals surface area contributed by atoms with Crippen molar-refractivity contribution in [3.63, 3.8) is 0 Å². The number of hydrogen-bond acceptors (Lipinski definition) is 2. The number of aromatic amines is 1. The highest BCUT2D eigenvalue weighted by Gasteiger charge is 2.13. The van der Waals surface area contributed by atoms with Crippen molar-refractivity contribution in [3.05, 3.63) is 28.8 Å². The van der Waals surface area contributed by atoms with Gasteiger partial charge in [0.15, 0.2) is 0 Å². The number of halogens is 1. The van der Waals surface area contributed by atoms with E-state index in [0.29, 0.717) is 6.54 Å². The van der Waals surface area contributed by atoms with Gasteiger partial charge in [-0.25, -0.2) is 4.98 Å². The highest BCUT2D eigenvalue weighted by atomic mass is 79.9. The first-order chi connectivity index (χ1) is 7.24. The smallest absolute Gasteiger partial charge is 0.119 e. The molecule has 0 amide bonds. The molecule has 0 bridgehead atoms. The summed E-state index contributed by atoms with van der Waals surface area (Å²) in [6, 6.07) is 3.96. The summed E-state index contributed by atoms with van der Waals surface area (Å²) >= 11 is 3.53. The van der Waals surface area contributed by atoms with Gasteiger partial charge in [-0.2, -0.15) is 0 Å². The molecule has 2 aromatic heterocycles. The van der Waals surface area contributed by atoms with Crippen LogP contribution in [0.5, 0.6) is 0 Å². The number of nitrogens with one attached hydrogen (secondary N) is 1. The normalized spacial score (nSPS) is 10.9. The third kappa shape index (κ3) is 1.85. The predicted molar refractivity (Wildman–Crippen MR) is 63.5 cm³/mol. The lowest BCUT2D eigenvalue weighted by Gasteiger charge is -1.98. The zero-order valence-electron chi connectivity index (χ0n) is 8.50. The minimum absolute atomic E-state index is 0.613. The Morgan fingerprint density at radius 2 is 2.40 bits per heavy atom. The molecule has 80 valence electrons. The largest absolute Gasteiger partial charge is 0.360 e. The summed E-state index contributed by atoms with van der Waals surface area (Å²) in [5.41, 5.74) is 7.48. The molecule has 5 heteroatoms. The third-order valence-electron chi connectivity index (χ3n) is 2.34. The van der Waals surface area contributed by atoms with Crippen LogP contribution >= 0.6 is 15.9 Å². The number of imidazole rings is 1. The van der Waals surface area contributed by atoms with E-state index in [1.54, 1.807) is 0 Å². The molecule has 2 rings (SSSR count). The zero-order valence-corrected chi connectivity index (χ0v) is 10.1. The van der Waals surface area contributed by atoms with Crippen LogP contribution in [-0.4, -0.2) is 21.1 Å². The standard InChI is InChI=1S/C10H13BrN4/c1-15-8(4-5-12)14-9(10(15)11)7-3-2-6-13-7/h2-3,6,13H,4-5,12H2,1H3. The van der Waals surface area contributed by atoms with E-state index in [9.17, 15) is 0 Å². The van der Waals surface area contributed by atoms with Crippen LogP contribution in [0.3, 0.4) is 0 Å². The Bertz CT molecular complexity index is 444. The average molecular weight is 269 g/mol. The minimum atomic E-state index is 0.613. The fourth-order valence-corrected chi connectivity index (χ4v) is 2.03. The summed E-state index contributed by atoms with van der Waals surface area (Å²) in [6.07, 6.45) is 2.68. The van der Waals surface area contributed by atoms with E-state index in [2.05, 4.69) is 25.9 Å². The van der Waals surface area contributed by atoms with Gasteiger partial charge in [-0.15, -0.1) is 0 Å². The van der Waals surface area contributed by atoms with Crippen molar-refractivity contribution in [2.75, 3.05) is 6.54 Å². The molecule has 2 aromatic rings. The molecular formula is C10H13BrN4. The molecule has 0 aliphatic rings. The molecule has 0 unspecified atom stereocenters. The Morgan fingerprint density at radius 3 is 3.00 bits per heavy atom. The van der Waals surface area contributed by atoms with Crippen molar-refractivity contribution in [2.45, 2.75) is 6.42 Å². The van der Waals surface area contributed by atoms with E-state index in [1.165, 1.54) is 0 Å². The number of hydrogen-bond donors (Lipinski definition) is 2. The number of nitrogens with zero attached hydrogens (tertiary/aromatic N) is 2. The molecule has 0 fully saturated rings. The third-order valence-corrected chi connectivity index (χ3v) is 3.25. The fourth-order valence-electron chi connectivity index (χ4n) is 1.52. The first-order valence-electron chi connectivity index (χ1n) is 4.79. The van der Waals surface area contributed by atoms with E-state index in [-0.39, 0.29) is 0 Å². The van der Waals surface area contributed by atoms with Gasteiger partial charge in [0.1, 0.15) is 16.1 Å². The molecule has 0 aliphatic heterocycles. The molecule has 0 saturated carbocycles. The zero-order chi connectivity index (χ0) is 10.8. The molecule has 0 saturated heterocycles. The second kappa shape index (κ2) is 4.20. The van der Waals surface area contributed by atoms with E-state index in [4.69, 9.17) is 5.73 Å². The van der Waals surface area contributed by atoms with Crippen LogP contribution in [0.2, 0.25) is 0 Å². The van der Waals surface area contributed by atoms with Crippen molar-refractivity contribution in [1.29, 1.82) is 0 Å². The topological polar surface area (TPSA) is 59.6 Å². The Hall–Kier alpha value is -1.07. The molecule has 15 heavy (non-hydrogen) atoms. The van der Waals surface area contributed by atoms with Gasteiger partial charge >= 0.3 is 0 Å².